The zero-order valence-electron chi connectivity index (χ0n) is 7.94. The van der Waals surface area contributed by atoms with Crippen molar-refractivity contribution >= 4 is 21.9 Å². The second-order valence-electron chi connectivity index (χ2n) is 3.54. The van der Waals surface area contributed by atoms with Gasteiger partial charge in [0.15, 0.2) is 5.75 Å². The number of carboxylic acid groups (broad SMARTS) is 1. The van der Waals surface area contributed by atoms with Crippen LogP contribution in [-0.2, 0) is 0 Å². The number of halogens is 1. The lowest BCUT2D eigenvalue weighted by Gasteiger charge is -2.06. The van der Waals surface area contributed by atoms with Crippen LogP contribution in [0.5, 0.6) is 5.75 Å². The van der Waals surface area contributed by atoms with Gasteiger partial charge in [0.1, 0.15) is 10.3 Å². The molecule has 4 nitrogen and oxygen atoms in total. The molecule has 1 aromatic heterocycles. The van der Waals surface area contributed by atoms with Gasteiger partial charge < -0.3 is 9.84 Å². The fourth-order valence-corrected chi connectivity index (χ4v) is 1.58. The second kappa shape index (κ2) is 4.18. The summed E-state index contributed by atoms with van der Waals surface area (Å²) in [6.07, 6.45) is 2.44. The van der Waals surface area contributed by atoms with Crippen LogP contribution >= 0.6 is 15.9 Å². The molecule has 0 atom stereocenters. The van der Waals surface area contributed by atoms with E-state index in [9.17, 15) is 4.79 Å². The van der Waals surface area contributed by atoms with Gasteiger partial charge in [0.2, 0.25) is 0 Å². The molecule has 1 aromatic rings. The number of aromatic nitrogens is 1. The number of nitrogens with zero attached hydrogens (tertiary/aromatic N) is 1. The number of aromatic carboxylic acids is 1. The predicted molar refractivity (Wildman–Crippen MR) is 57.1 cm³/mol. The highest BCUT2D eigenvalue weighted by atomic mass is 79.9. The number of carboxylic acids is 1. The van der Waals surface area contributed by atoms with E-state index in [1.54, 1.807) is 6.07 Å². The summed E-state index contributed by atoms with van der Waals surface area (Å²) in [5, 5.41) is 8.70. The van der Waals surface area contributed by atoms with Crippen molar-refractivity contribution in [3.05, 3.63) is 22.4 Å². The molecule has 1 N–H and O–H groups in total. The molecule has 0 unspecified atom stereocenters. The van der Waals surface area contributed by atoms with Crippen LogP contribution in [0.3, 0.4) is 0 Å². The summed E-state index contributed by atoms with van der Waals surface area (Å²) in [5.41, 5.74) is 0.0145. The Bertz CT molecular complexity index is 390. The summed E-state index contributed by atoms with van der Waals surface area (Å²) in [6.45, 7) is 0.687. The zero-order valence-corrected chi connectivity index (χ0v) is 9.53. The van der Waals surface area contributed by atoms with Gasteiger partial charge in [-0.25, -0.2) is 9.78 Å². The first-order valence-electron chi connectivity index (χ1n) is 4.69. The normalized spacial score (nSPS) is 15.0. The van der Waals surface area contributed by atoms with Crippen molar-refractivity contribution in [2.45, 2.75) is 12.8 Å². The molecule has 0 aliphatic heterocycles. The van der Waals surface area contributed by atoms with Crippen molar-refractivity contribution in [3.63, 3.8) is 0 Å². The molecule has 0 saturated heterocycles. The molecule has 15 heavy (non-hydrogen) atoms. The summed E-state index contributed by atoms with van der Waals surface area (Å²) in [5.74, 6) is 0.229. The van der Waals surface area contributed by atoms with Crippen LogP contribution in [0.15, 0.2) is 16.7 Å². The van der Waals surface area contributed by atoms with Crippen LogP contribution in [0.1, 0.15) is 23.3 Å². The Morgan fingerprint density at radius 3 is 2.87 bits per heavy atom. The van der Waals surface area contributed by atoms with Gasteiger partial charge >= 0.3 is 5.97 Å². The van der Waals surface area contributed by atoms with E-state index in [-0.39, 0.29) is 5.69 Å². The van der Waals surface area contributed by atoms with Gasteiger partial charge in [0.05, 0.1) is 6.61 Å². The van der Waals surface area contributed by atoms with Crippen LogP contribution in [0.4, 0.5) is 0 Å². The molecule has 1 fully saturated rings. The van der Waals surface area contributed by atoms with Gasteiger partial charge in [-0.05, 0) is 46.8 Å². The van der Waals surface area contributed by atoms with Crippen molar-refractivity contribution < 1.29 is 14.6 Å². The van der Waals surface area contributed by atoms with E-state index >= 15 is 0 Å². The molecule has 80 valence electrons. The number of hydrogen-bond donors (Lipinski definition) is 1. The minimum atomic E-state index is -1.04. The Labute approximate surface area is 95.4 Å². The molecule has 5 heteroatoms. The Balaban J connectivity index is 2.07. The first-order chi connectivity index (χ1) is 7.16. The Morgan fingerprint density at radius 2 is 2.33 bits per heavy atom. The van der Waals surface area contributed by atoms with E-state index in [1.807, 2.05) is 0 Å². The molecule has 0 bridgehead atoms. The molecular formula is C10H10BrNO3. The Hall–Kier alpha value is -1.10. The van der Waals surface area contributed by atoms with Gasteiger partial charge in [-0.15, -0.1) is 0 Å². The molecule has 0 amide bonds. The van der Waals surface area contributed by atoms with E-state index < -0.39 is 5.97 Å². The maximum atomic E-state index is 10.6. The third-order valence-corrected chi connectivity index (χ3v) is 2.77. The molecule has 1 aliphatic carbocycles. The van der Waals surface area contributed by atoms with E-state index in [4.69, 9.17) is 9.84 Å². The lowest BCUT2D eigenvalue weighted by molar-refractivity contribution is 0.0690. The minimum Gasteiger partial charge on any atom is -0.490 e. The summed E-state index contributed by atoms with van der Waals surface area (Å²) < 4.78 is 5.94. The predicted octanol–water partition coefficient (Wildman–Crippen LogP) is 2.33. The maximum Gasteiger partial charge on any atom is 0.354 e. The SMILES string of the molecule is O=C(O)c1ccc(OCC2CC2)c(Br)n1. The van der Waals surface area contributed by atoms with Gasteiger partial charge in [0.25, 0.3) is 0 Å². The highest BCUT2D eigenvalue weighted by Gasteiger charge is 2.22. The average molecular weight is 272 g/mol. The highest BCUT2D eigenvalue weighted by Crippen LogP contribution is 2.31. The van der Waals surface area contributed by atoms with Crippen LogP contribution in [0.2, 0.25) is 0 Å². The third kappa shape index (κ3) is 2.68. The van der Waals surface area contributed by atoms with Crippen molar-refractivity contribution in [1.29, 1.82) is 0 Å². The van der Waals surface area contributed by atoms with E-state index in [2.05, 4.69) is 20.9 Å². The average Bonchev–Trinajstić information content (AvgIpc) is 2.99. The lowest BCUT2D eigenvalue weighted by atomic mass is 10.3. The van der Waals surface area contributed by atoms with Crippen LogP contribution in [-0.4, -0.2) is 22.7 Å². The van der Waals surface area contributed by atoms with Gasteiger partial charge in [0, 0.05) is 0 Å². The van der Waals surface area contributed by atoms with Gasteiger partial charge in [-0.3, -0.25) is 0 Å². The molecule has 1 heterocycles. The van der Waals surface area contributed by atoms with Crippen LogP contribution in [0, 0.1) is 5.92 Å². The first kappa shape index (κ1) is 10.4. The van der Waals surface area contributed by atoms with Crippen LogP contribution in [0.25, 0.3) is 0 Å². The fraction of sp³-hybridized carbons (Fsp3) is 0.400. The molecule has 1 aliphatic rings. The van der Waals surface area contributed by atoms with Gasteiger partial charge in [-0.2, -0.15) is 0 Å². The summed E-state index contributed by atoms with van der Waals surface area (Å²) in [7, 11) is 0. The standard InChI is InChI=1S/C10H10BrNO3/c11-9-8(15-5-6-1-2-6)4-3-7(12-9)10(13)14/h3-4,6H,1-2,5H2,(H,13,14). The summed E-state index contributed by atoms with van der Waals surface area (Å²) in [6, 6.07) is 3.07. The second-order valence-corrected chi connectivity index (χ2v) is 4.30. The summed E-state index contributed by atoms with van der Waals surface area (Å²) >= 11 is 3.19. The lowest BCUT2D eigenvalue weighted by Crippen LogP contribution is -2.04. The smallest absolute Gasteiger partial charge is 0.354 e. The minimum absolute atomic E-state index is 0.0145. The van der Waals surface area contributed by atoms with Crippen molar-refractivity contribution in [3.8, 4) is 5.75 Å². The number of hydrogen-bond acceptors (Lipinski definition) is 3. The first-order valence-corrected chi connectivity index (χ1v) is 5.49. The Morgan fingerprint density at radius 1 is 1.60 bits per heavy atom. The molecular weight excluding hydrogens is 262 g/mol. The Kier molecular flexibility index (Phi) is 2.90. The number of ether oxygens (including phenoxy) is 1. The third-order valence-electron chi connectivity index (χ3n) is 2.21. The largest absolute Gasteiger partial charge is 0.490 e. The molecule has 1 saturated carbocycles. The molecule has 0 spiro atoms. The van der Waals surface area contributed by atoms with E-state index in [0.717, 1.165) is 0 Å². The maximum absolute atomic E-state index is 10.6. The topological polar surface area (TPSA) is 59.4 Å². The number of pyridine rings is 1. The quantitative estimate of drug-likeness (QED) is 0.854. The number of rotatable bonds is 4. The zero-order chi connectivity index (χ0) is 10.8. The van der Waals surface area contributed by atoms with E-state index in [0.29, 0.717) is 22.9 Å². The van der Waals surface area contributed by atoms with Crippen molar-refractivity contribution in [1.82, 2.24) is 4.98 Å². The monoisotopic (exact) mass is 271 g/mol. The fourth-order valence-electron chi connectivity index (χ4n) is 1.14. The van der Waals surface area contributed by atoms with Gasteiger partial charge in [-0.1, -0.05) is 0 Å². The van der Waals surface area contributed by atoms with E-state index in [1.165, 1.54) is 18.9 Å². The summed E-state index contributed by atoms with van der Waals surface area (Å²) in [4.78, 5) is 14.5. The molecule has 0 radical (unpaired) electrons. The molecule has 0 aromatic carbocycles. The van der Waals surface area contributed by atoms with Crippen molar-refractivity contribution in [2.75, 3.05) is 6.61 Å². The number of carbonyl (C=O) groups is 1. The highest BCUT2D eigenvalue weighted by molar-refractivity contribution is 9.10. The van der Waals surface area contributed by atoms with Crippen LogP contribution < -0.4 is 4.74 Å². The molecule has 2 rings (SSSR count). The van der Waals surface area contributed by atoms with Crippen molar-refractivity contribution in [2.24, 2.45) is 5.92 Å².